The number of benzene rings is 1. The standard InChI is InChI=1S/C11H8ClNO5/c12-6-1-5(2-8-10(6)17-4-16-8)7-3-9(11(14)15)18-13-7/h1-2,9H,3-4H2,(H,14,15). The predicted molar refractivity (Wildman–Crippen MR) is 61.2 cm³/mol. The van der Waals surface area contributed by atoms with Crippen LogP contribution in [0.4, 0.5) is 0 Å². The molecule has 0 aromatic heterocycles. The molecule has 2 aliphatic heterocycles. The summed E-state index contributed by atoms with van der Waals surface area (Å²) in [4.78, 5) is 15.6. The highest BCUT2D eigenvalue weighted by molar-refractivity contribution is 6.32. The lowest BCUT2D eigenvalue weighted by Crippen LogP contribution is -2.19. The number of rotatable bonds is 2. The molecule has 0 aliphatic carbocycles. The quantitative estimate of drug-likeness (QED) is 0.883. The van der Waals surface area contributed by atoms with Crippen molar-refractivity contribution in [3.8, 4) is 11.5 Å². The highest BCUT2D eigenvalue weighted by atomic mass is 35.5. The summed E-state index contributed by atoms with van der Waals surface area (Å²) in [7, 11) is 0. The summed E-state index contributed by atoms with van der Waals surface area (Å²) in [6.07, 6.45) is -0.741. The first-order chi connectivity index (χ1) is 8.65. The Balaban J connectivity index is 1.90. The summed E-state index contributed by atoms with van der Waals surface area (Å²) in [6.45, 7) is 0.124. The van der Waals surface area contributed by atoms with Gasteiger partial charge in [-0.15, -0.1) is 0 Å². The van der Waals surface area contributed by atoms with Gasteiger partial charge in [0.15, 0.2) is 11.5 Å². The fourth-order valence-corrected chi connectivity index (χ4v) is 2.08. The summed E-state index contributed by atoms with van der Waals surface area (Å²) in [6, 6.07) is 3.36. The van der Waals surface area contributed by atoms with Crippen molar-refractivity contribution in [3.05, 3.63) is 22.7 Å². The van der Waals surface area contributed by atoms with Gasteiger partial charge in [-0.05, 0) is 12.1 Å². The molecule has 2 aliphatic rings. The lowest BCUT2D eigenvalue weighted by Gasteiger charge is -2.03. The van der Waals surface area contributed by atoms with Crippen LogP contribution in [-0.4, -0.2) is 29.7 Å². The highest BCUT2D eigenvalue weighted by Gasteiger charge is 2.30. The van der Waals surface area contributed by atoms with E-state index < -0.39 is 12.1 Å². The van der Waals surface area contributed by atoms with E-state index >= 15 is 0 Å². The monoisotopic (exact) mass is 269 g/mol. The molecule has 0 radical (unpaired) electrons. The SMILES string of the molecule is O=C(O)C1CC(c2cc(Cl)c3c(c2)OCO3)=NO1. The fourth-order valence-electron chi connectivity index (χ4n) is 1.81. The normalized spacial score (nSPS) is 20.5. The van der Waals surface area contributed by atoms with Crippen molar-refractivity contribution in [1.29, 1.82) is 0 Å². The Kier molecular flexibility index (Phi) is 2.52. The first-order valence-corrected chi connectivity index (χ1v) is 5.58. The van der Waals surface area contributed by atoms with Crippen molar-refractivity contribution < 1.29 is 24.2 Å². The topological polar surface area (TPSA) is 77.4 Å². The Bertz CT molecular complexity index is 557. The molecule has 1 aromatic carbocycles. The van der Waals surface area contributed by atoms with Gasteiger partial charge in [0.2, 0.25) is 12.9 Å². The zero-order valence-corrected chi connectivity index (χ0v) is 9.81. The van der Waals surface area contributed by atoms with E-state index in [2.05, 4.69) is 5.16 Å². The number of ether oxygens (including phenoxy) is 2. The lowest BCUT2D eigenvalue weighted by atomic mass is 10.0. The number of halogens is 1. The molecule has 1 N–H and O–H groups in total. The molecule has 18 heavy (non-hydrogen) atoms. The Hall–Kier alpha value is -1.95. The van der Waals surface area contributed by atoms with Gasteiger partial charge in [0.1, 0.15) is 0 Å². The molecule has 94 valence electrons. The van der Waals surface area contributed by atoms with Gasteiger partial charge in [0.25, 0.3) is 0 Å². The van der Waals surface area contributed by atoms with Gasteiger partial charge in [0.05, 0.1) is 10.7 Å². The van der Waals surface area contributed by atoms with Gasteiger partial charge < -0.3 is 19.4 Å². The summed E-state index contributed by atoms with van der Waals surface area (Å²) >= 11 is 6.04. The lowest BCUT2D eigenvalue weighted by molar-refractivity contribution is -0.148. The second-order valence-electron chi connectivity index (χ2n) is 3.87. The van der Waals surface area contributed by atoms with E-state index in [1.54, 1.807) is 12.1 Å². The Labute approximate surface area is 107 Å². The smallest absolute Gasteiger partial charge is 0.348 e. The second-order valence-corrected chi connectivity index (χ2v) is 4.27. The van der Waals surface area contributed by atoms with Crippen LogP contribution in [0.5, 0.6) is 11.5 Å². The van der Waals surface area contributed by atoms with Crippen LogP contribution in [-0.2, 0) is 9.63 Å². The van der Waals surface area contributed by atoms with E-state index in [-0.39, 0.29) is 13.2 Å². The maximum absolute atomic E-state index is 10.8. The van der Waals surface area contributed by atoms with Crippen LogP contribution >= 0.6 is 11.6 Å². The Morgan fingerprint density at radius 2 is 2.28 bits per heavy atom. The Morgan fingerprint density at radius 1 is 1.44 bits per heavy atom. The summed E-state index contributed by atoms with van der Waals surface area (Å²) < 4.78 is 10.4. The van der Waals surface area contributed by atoms with Crippen LogP contribution in [0.25, 0.3) is 0 Å². The fraction of sp³-hybridized carbons (Fsp3) is 0.273. The summed E-state index contributed by atoms with van der Waals surface area (Å²) in [5.74, 6) is -0.0192. The summed E-state index contributed by atoms with van der Waals surface area (Å²) in [5, 5.41) is 13.0. The highest BCUT2D eigenvalue weighted by Crippen LogP contribution is 2.40. The molecule has 0 fully saturated rings. The van der Waals surface area contributed by atoms with Crippen molar-refractivity contribution in [2.45, 2.75) is 12.5 Å². The third kappa shape index (κ3) is 1.74. The molecule has 0 spiro atoms. The van der Waals surface area contributed by atoms with E-state index in [4.69, 9.17) is 31.0 Å². The molecule has 1 unspecified atom stereocenters. The number of hydrogen-bond donors (Lipinski definition) is 1. The minimum atomic E-state index is -1.04. The number of hydrogen-bond acceptors (Lipinski definition) is 5. The number of carbonyl (C=O) groups is 1. The molecular weight excluding hydrogens is 262 g/mol. The molecule has 0 amide bonds. The minimum Gasteiger partial charge on any atom is -0.478 e. The molecular formula is C11H8ClNO5. The third-order valence-electron chi connectivity index (χ3n) is 2.70. The maximum atomic E-state index is 10.8. The predicted octanol–water partition coefficient (Wildman–Crippen LogP) is 1.65. The van der Waals surface area contributed by atoms with Gasteiger partial charge in [0, 0.05) is 12.0 Å². The van der Waals surface area contributed by atoms with Crippen molar-refractivity contribution in [2.75, 3.05) is 6.79 Å². The molecule has 2 heterocycles. The number of oxime groups is 1. The van der Waals surface area contributed by atoms with Crippen LogP contribution in [0, 0.1) is 0 Å². The van der Waals surface area contributed by atoms with Gasteiger partial charge in [-0.3, -0.25) is 0 Å². The molecule has 0 saturated heterocycles. The average molecular weight is 270 g/mol. The van der Waals surface area contributed by atoms with Crippen LogP contribution in [0.2, 0.25) is 5.02 Å². The van der Waals surface area contributed by atoms with E-state index in [1.165, 1.54) is 0 Å². The average Bonchev–Trinajstić information content (AvgIpc) is 2.97. The molecule has 1 aromatic rings. The molecule has 0 saturated carbocycles. The van der Waals surface area contributed by atoms with Crippen LogP contribution < -0.4 is 9.47 Å². The van der Waals surface area contributed by atoms with Crippen LogP contribution in [0.15, 0.2) is 17.3 Å². The van der Waals surface area contributed by atoms with Crippen molar-refractivity contribution in [3.63, 3.8) is 0 Å². The molecule has 1 atom stereocenters. The number of aliphatic carboxylic acids is 1. The number of carboxylic acids is 1. The first-order valence-electron chi connectivity index (χ1n) is 5.20. The van der Waals surface area contributed by atoms with Gasteiger partial charge >= 0.3 is 5.97 Å². The molecule has 3 rings (SSSR count). The number of carboxylic acid groups (broad SMARTS) is 1. The number of fused-ring (bicyclic) bond motifs is 1. The molecule has 0 bridgehead atoms. The largest absolute Gasteiger partial charge is 0.478 e. The van der Waals surface area contributed by atoms with Crippen molar-refractivity contribution in [1.82, 2.24) is 0 Å². The zero-order valence-electron chi connectivity index (χ0n) is 9.05. The Morgan fingerprint density at radius 3 is 3.00 bits per heavy atom. The molecule has 7 heteroatoms. The third-order valence-corrected chi connectivity index (χ3v) is 2.99. The first kappa shape index (κ1) is 11.2. The van der Waals surface area contributed by atoms with E-state index in [9.17, 15) is 4.79 Å². The van der Waals surface area contributed by atoms with Gasteiger partial charge in [-0.25, -0.2) is 4.79 Å². The van der Waals surface area contributed by atoms with Crippen LogP contribution in [0.1, 0.15) is 12.0 Å². The van der Waals surface area contributed by atoms with Crippen LogP contribution in [0.3, 0.4) is 0 Å². The van der Waals surface area contributed by atoms with Gasteiger partial charge in [-0.2, -0.15) is 0 Å². The van der Waals surface area contributed by atoms with Crippen molar-refractivity contribution in [2.24, 2.45) is 5.16 Å². The van der Waals surface area contributed by atoms with E-state index in [1.807, 2.05) is 0 Å². The maximum Gasteiger partial charge on any atom is 0.348 e. The minimum absolute atomic E-state index is 0.124. The second kappa shape index (κ2) is 4.06. The zero-order chi connectivity index (χ0) is 12.7. The van der Waals surface area contributed by atoms with Gasteiger partial charge in [-0.1, -0.05) is 16.8 Å². The van der Waals surface area contributed by atoms with E-state index in [0.717, 1.165) is 0 Å². The number of nitrogens with zero attached hydrogens (tertiary/aromatic N) is 1. The van der Waals surface area contributed by atoms with Crippen molar-refractivity contribution >= 4 is 23.3 Å². The molecule has 6 nitrogen and oxygen atoms in total. The summed E-state index contributed by atoms with van der Waals surface area (Å²) in [5.41, 5.74) is 1.20. The van der Waals surface area contributed by atoms with E-state index in [0.29, 0.717) is 27.8 Å².